The van der Waals surface area contributed by atoms with Crippen LogP contribution < -0.4 is 10.1 Å². The molecular formula is C14H17N3O. The first-order chi connectivity index (χ1) is 8.81. The molecule has 4 heteroatoms. The van der Waals surface area contributed by atoms with E-state index in [1.807, 2.05) is 18.2 Å². The van der Waals surface area contributed by atoms with Crippen LogP contribution in [0.3, 0.4) is 0 Å². The second kappa shape index (κ2) is 6.12. The molecular weight excluding hydrogens is 226 g/mol. The van der Waals surface area contributed by atoms with Gasteiger partial charge in [0, 0.05) is 36.7 Å². The zero-order valence-corrected chi connectivity index (χ0v) is 10.6. The first-order valence-corrected chi connectivity index (χ1v) is 5.92. The number of aromatic nitrogens is 2. The summed E-state index contributed by atoms with van der Waals surface area (Å²) >= 11 is 0. The second-order valence-electron chi connectivity index (χ2n) is 4.04. The number of hydrogen-bond acceptors (Lipinski definition) is 4. The van der Waals surface area contributed by atoms with Gasteiger partial charge in [-0.15, -0.1) is 0 Å². The maximum Gasteiger partial charge on any atom is 0.123 e. The van der Waals surface area contributed by atoms with Crippen molar-refractivity contribution in [2.45, 2.75) is 19.5 Å². The molecule has 0 aliphatic carbocycles. The van der Waals surface area contributed by atoms with Crippen molar-refractivity contribution in [2.75, 3.05) is 7.11 Å². The zero-order valence-electron chi connectivity index (χ0n) is 10.6. The predicted octanol–water partition coefficient (Wildman–Crippen LogP) is 2.34. The summed E-state index contributed by atoms with van der Waals surface area (Å²) in [4.78, 5) is 8.27. The van der Waals surface area contributed by atoms with Gasteiger partial charge in [0.2, 0.25) is 0 Å². The molecule has 2 aromatic rings. The van der Waals surface area contributed by atoms with Gasteiger partial charge in [-0.05, 0) is 13.0 Å². The molecule has 4 nitrogen and oxygen atoms in total. The molecule has 1 atom stereocenters. The summed E-state index contributed by atoms with van der Waals surface area (Å²) in [6, 6.07) is 8.21. The fourth-order valence-electron chi connectivity index (χ4n) is 1.81. The third-order valence-electron chi connectivity index (χ3n) is 2.81. The Balaban J connectivity index is 2.01. The van der Waals surface area contributed by atoms with Gasteiger partial charge in [0.1, 0.15) is 5.75 Å². The Morgan fingerprint density at radius 2 is 2.11 bits per heavy atom. The van der Waals surface area contributed by atoms with E-state index < -0.39 is 0 Å². The van der Waals surface area contributed by atoms with Crippen molar-refractivity contribution < 1.29 is 4.74 Å². The van der Waals surface area contributed by atoms with E-state index in [4.69, 9.17) is 4.74 Å². The molecule has 1 N–H and O–H groups in total. The lowest BCUT2D eigenvalue weighted by molar-refractivity contribution is 0.401. The van der Waals surface area contributed by atoms with E-state index in [1.54, 1.807) is 25.7 Å². The second-order valence-corrected chi connectivity index (χ2v) is 4.04. The Bertz CT molecular complexity index is 487. The minimum absolute atomic E-state index is 0.197. The first-order valence-electron chi connectivity index (χ1n) is 5.92. The number of ether oxygens (including phenoxy) is 1. The molecule has 1 aromatic carbocycles. The van der Waals surface area contributed by atoms with E-state index in [-0.39, 0.29) is 6.04 Å². The molecule has 0 saturated heterocycles. The average molecular weight is 243 g/mol. The molecule has 94 valence electrons. The molecule has 0 fully saturated rings. The van der Waals surface area contributed by atoms with Gasteiger partial charge in [0.05, 0.1) is 12.8 Å². The normalized spacial score (nSPS) is 12.1. The van der Waals surface area contributed by atoms with Crippen LogP contribution in [-0.2, 0) is 6.54 Å². The third-order valence-corrected chi connectivity index (χ3v) is 2.81. The molecule has 1 heterocycles. The van der Waals surface area contributed by atoms with Crippen LogP contribution in [0.15, 0.2) is 42.9 Å². The van der Waals surface area contributed by atoms with Crippen molar-refractivity contribution in [3.05, 3.63) is 54.1 Å². The summed E-state index contributed by atoms with van der Waals surface area (Å²) in [7, 11) is 1.69. The van der Waals surface area contributed by atoms with Gasteiger partial charge in [-0.1, -0.05) is 18.2 Å². The van der Waals surface area contributed by atoms with Crippen LogP contribution in [0, 0.1) is 0 Å². The third kappa shape index (κ3) is 3.05. The summed E-state index contributed by atoms with van der Waals surface area (Å²) in [6.07, 6.45) is 5.14. The highest BCUT2D eigenvalue weighted by Crippen LogP contribution is 2.24. The van der Waals surface area contributed by atoms with Gasteiger partial charge in [-0.3, -0.25) is 9.97 Å². The molecule has 0 saturated carbocycles. The van der Waals surface area contributed by atoms with E-state index in [0.717, 1.165) is 17.0 Å². The van der Waals surface area contributed by atoms with Crippen LogP contribution in [0.5, 0.6) is 5.75 Å². The van der Waals surface area contributed by atoms with Crippen LogP contribution in [0.25, 0.3) is 0 Å². The fourth-order valence-corrected chi connectivity index (χ4v) is 1.81. The number of rotatable bonds is 5. The zero-order chi connectivity index (χ0) is 12.8. The van der Waals surface area contributed by atoms with Gasteiger partial charge in [-0.2, -0.15) is 0 Å². The van der Waals surface area contributed by atoms with Crippen LogP contribution in [0.1, 0.15) is 24.2 Å². The SMILES string of the molecule is COc1ccccc1[C@@H](C)NCc1cnccn1. The maximum absolute atomic E-state index is 5.35. The van der Waals surface area contributed by atoms with Gasteiger partial charge >= 0.3 is 0 Å². The maximum atomic E-state index is 5.35. The number of hydrogen-bond donors (Lipinski definition) is 1. The summed E-state index contributed by atoms with van der Waals surface area (Å²) in [5.41, 5.74) is 2.07. The van der Waals surface area contributed by atoms with Crippen LogP contribution >= 0.6 is 0 Å². The molecule has 0 unspecified atom stereocenters. The van der Waals surface area contributed by atoms with E-state index in [0.29, 0.717) is 6.54 Å². The van der Waals surface area contributed by atoms with Gasteiger partial charge in [-0.25, -0.2) is 0 Å². The first kappa shape index (κ1) is 12.5. The molecule has 0 amide bonds. The van der Waals surface area contributed by atoms with Crippen molar-refractivity contribution in [2.24, 2.45) is 0 Å². The largest absolute Gasteiger partial charge is 0.496 e. The van der Waals surface area contributed by atoms with E-state index in [9.17, 15) is 0 Å². The molecule has 0 radical (unpaired) electrons. The highest BCUT2D eigenvalue weighted by molar-refractivity contribution is 5.35. The number of nitrogens with one attached hydrogen (secondary N) is 1. The van der Waals surface area contributed by atoms with Crippen LogP contribution in [0.4, 0.5) is 0 Å². The summed E-state index contributed by atoms with van der Waals surface area (Å²) < 4.78 is 5.35. The minimum Gasteiger partial charge on any atom is -0.496 e. The molecule has 0 spiro atoms. The Hall–Kier alpha value is -1.94. The standard InChI is InChI=1S/C14H17N3O/c1-11(13-5-3-4-6-14(13)18-2)17-10-12-9-15-7-8-16-12/h3-9,11,17H,10H2,1-2H3/t11-/m1/s1. The van der Waals surface area contributed by atoms with E-state index in [2.05, 4.69) is 28.3 Å². The number of benzene rings is 1. The van der Waals surface area contributed by atoms with Crippen molar-refractivity contribution in [3.8, 4) is 5.75 Å². The molecule has 0 aliphatic rings. The molecule has 18 heavy (non-hydrogen) atoms. The molecule has 2 rings (SSSR count). The highest BCUT2D eigenvalue weighted by Gasteiger charge is 2.10. The van der Waals surface area contributed by atoms with E-state index in [1.165, 1.54) is 0 Å². The lowest BCUT2D eigenvalue weighted by Gasteiger charge is -2.16. The Morgan fingerprint density at radius 1 is 1.28 bits per heavy atom. The van der Waals surface area contributed by atoms with Crippen molar-refractivity contribution >= 4 is 0 Å². The van der Waals surface area contributed by atoms with Gasteiger partial charge in [0.15, 0.2) is 0 Å². The monoisotopic (exact) mass is 243 g/mol. The Morgan fingerprint density at radius 3 is 2.83 bits per heavy atom. The summed E-state index contributed by atoms with van der Waals surface area (Å²) in [5.74, 6) is 0.900. The Kier molecular flexibility index (Phi) is 4.25. The lowest BCUT2D eigenvalue weighted by atomic mass is 10.1. The number of methoxy groups -OCH3 is 1. The Labute approximate surface area is 107 Å². The summed E-state index contributed by atoms with van der Waals surface area (Å²) in [6.45, 7) is 2.79. The molecule has 0 aliphatic heterocycles. The van der Waals surface area contributed by atoms with Crippen LogP contribution in [0.2, 0.25) is 0 Å². The average Bonchev–Trinajstić information content (AvgIpc) is 2.45. The topological polar surface area (TPSA) is 47.0 Å². The molecule has 0 bridgehead atoms. The molecule has 1 aromatic heterocycles. The van der Waals surface area contributed by atoms with Gasteiger partial charge in [0.25, 0.3) is 0 Å². The van der Waals surface area contributed by atoms with Crippen LogP contribution in [-0.4, -0.2) is 17.1 Å². The van der Waals surface area contributed by atoms with Crippen molar-refractivity contribution in [1.29, 1.82) is 0 Å². The smallest absolute Gasteiger partial charge is 0.123 e. The lowest BCUT2D eigenvalue weighted by Crippen LogP contribution is -2.19. The summed E-state index contributed by atoms with van der Waals surface area (Å²) in [5, 5.41) is 3.41. The minimum atomic E-state index is 0.197. The van der Waals surface area contributed by atoms with Crippen molar-refractivity contribution in [3.63, 3.8) is 0 Å². The number of nitrogens with zero attached hydrogens (tertiary/aromatic N) is 2. The predicted molar refractivity (Wildman–Crippen MR) is 70.3 cm³/mol. The number of para-hydroxylation sites is 1. The highest BCUT2D eigenvalue weighted by atomic mass is 16.5. The van der Waals surface area contributed by atoms with E-state index >= 15 is 0 Å². The quantitative estimate of drug-likeness (QED) is 0.875. The van der Waals surface area contributed by atoms with Crippen molar-refractivity contribution in [1.82, 2.24) is 15.3 Å². The fraction of sp³-hybridized carbons (Fsp3) is 0.286. The van der Waals surface area contributed by atoms with Gasteiger partial charge < -0.3 is 10.1 Å².